The summed E-state index contributed by atoms with van der Waals surface area (Å²) in [5.74, 6) is 0. The third-order valence-corrected chi connectivity index (χ3v) is 2.90. The quantitative estimate of drug-likeness (QED) is 0.792. The Kier molecular flexibility index (Phi) is 3.98. The summed E-state index contributed by atoms with van der Waals surface area (Å²) in [4.78, 5) is 4.02. The molecule has 3 N–H and O–H groups in total. The van der Waals surface area contributed by atoms with E-state index in [2.05, 4.69) is 10.3 Å². The van der Waals surface area contributed by atoms with E-state index in [9.17, 15) is 0 Å². The molecule has 0 radical (unpaired) electrons. The second kappa shape index (κ2) is 5.48. The number of nitrogens with two attached hydrogens (primary N) is 1. The average Bonchev–Trinajstić information content (AvgIpc) is 2.31. The predicted molar refractivity (Wildman–Crippen MR) is 64.6 cm³/mol. The van der Waals surface area contributed by atoms with Gasteiger partial charge in [-0.15, -0.1) is 0 Å². The molecule has 88 valence electrons. The van der Waals surface area contributed by atoms with Crippen LogP contribution in [0.4, 0.5) is 5.69 Å². The van der Waals surface area contributed by atoms with Gasteiger partial charge in [0.2, 0.25) is 0 Å². The van der Waals surface area contributed by atoms with E-state index < -0.39 is 0 Å². The molecule has 1 aliphatic rings. The first-order valence-corrected chi connectivity index (χ1v) is 5.86. The molecule has 1 aliphatic heterocycles. The molecule has 2 heterocycles. The fourth-order valence-corrected chi connectivity index (χ4v) is 1.99. The molecule has 2 rings (SSSR count). The van der Waals surface area contributed by atoms with E-state index in [4.69, 9.17) is 22.1 Å². The van der Waals surface area contributed by atoms with Crippen molar-refractivity contribution in [3.63, 3.8) is 0 Å². The molecule has 0 saturated carbocycles. The second-order valence-corrected chi connectivity index (χ2v) is 4.31. The highest BCUT2D eigenvalue weighted by atomic mass is 35.5. The van der Waals surface area contributed by atoms with E-state index in [0.717, 1.165) is 37.3 Å². The molecule has 0 amide bonds. The number of halogens is 1. The van der Waals surface area contributed by atoms with Crippen LogP contribution in [0.1, 0.15) is 18.4 Å². The van der Waals surface area contributed by atoms with Crippen molar-refractivity contribution in [3.05, 3.63) is 23.0 Å². The molecule has 16 heavy (non-hydrogen) atoms. The van der Waals surface area contributed by atoms with Crippen LogP contribution in [-0.2, 0) is 11.3 Å². The Balaban J connectivity index is 2.09. The van der Waals surface area contributed by atoms with Crippen LogP contribution in [0.3, 0.4) is 0 Å². The van der Waals surface area contributed by atoms with Gasteiger partial charge in [0.1, 0.15) is 5.15 Å². The number of hydrogen-bond acceptors (Lipinski definition) is 4. The van der Waals surface area contributed by atoms with Crippen LogP contribution in [0.2, 0.25) is 5.15 Å². The van der Waals surface area contributed by atoms with Gasteiger partial charge in [0, 0.05) is 36.6 Å². The summed E-state index contributed by atoms with van der Waals surface area (Å²) in [5.41, 5.74) is 7.60. The van der Waals surface area contributed by atoms with Crippen molar-refractivity contribution >= 4 is 17.3 Å². The maximum absolute atomic E-state index is 5.87. The van der Waals surface area contributed by atoms with Crippen LogP contribution < -0.4 is 11.1 Å². The van der Waals surface area contributed by atoms with E-state index in [1.807, 2.05) is 6.07 Å². The number of nitrogens with zero attached hydrogens (tertiary/aromatic N) is 1. The van der Waals surface area contributed by atoms with E-state index in [1.54, 1.807) is 6.20 Å². The van der Waals surface area contributed by atoms with Gasteiger partial charge in [0.05, 0.1) is 6.61 Å². The van der Waals surface area contributed by atoms with Gasteiger partial charge < -0.3 is 15.8 Å². The minimum absolute atomic E-state index is 0.345. The van der Waals surface area contributed by atoms with Crippen molar-refractivity contribution < 1.29 is 4.74 Å². The standard InChI is InChI=1S/C11H16ClN3O/c12-11-4-10(8(5-13)6-14-11)15-9-2-1-3-16-7-9/h4,6,9H,1-3,5,7,13H2,(H,14,15). The van der Waals surface area contributed by atoms with Gasteiger partial charge in [-0.05, 0) is 18.9 Å². The Labute approximate surface area is 100 Å². The fraction of sp³-hybridized carbons (Fsp3) is 0.545. The zero-order chi connectivity index (χ0) is 11.4. The summed E-state index contributed by atoms with van der Waals surface area (Å²) in [5, 5.41) is 3.89. The first-order valence-electron chi connectivity index (χ1n) is 5.48. The van der Waals surface area contributed by atoms with Gasteiger partial charge >= 0.3 is 0 Å². The SMILES string of the molecule is NCc1cnc(Cl)cc1NC1CCCOC1. The van der Waals surface area contributed by atoms with Gasteiger partial charge in [0.25, 0.3) is 0 Å². The van der Waals surface area contributed by atoms with Gasteiger partial charge in [-0.2, -0.15) is 0 Å². The van der Waals surface area contributed by atoms with E-state index in [1.165, 1.54) is 0 Å². The zero-order valence-corrected chi connectivity index (χ0v) is 9.83. The first kappa shape index (κ1) is 11.6. The molecule has 0 spiro atoms. The van der Waals surface area contributed by atoms with E-state index >= 15 is 0 Å². The summed E-state index contributed by atoms with van der Waals surface area (Å²) >= 11 is 5.87. The van der Waals surface area contributed by atoms with Crippen molar-refractivity contribution in [2.45, 2.75) is 25.4 Å². The molecule has 4 nitrogen and oxygen atoms in total. The molecule has 1 unspecified atom stereocenters. The summed E-state index contributed by atoms with van der Waals surface area (Å²) < 4.78 is 5.42. The average molecular weight is 242 g/mol. The van der Waals surface area contributed by atoms with Crippen molar-refractivity contribution in [1.82, 2.24) is 4.98 Å². The number of rotatable bonds is 3. The third-order valence-electron chi connectivity index (χ3n) is 2.69. The van der Waals surface area contributed by atoms with Crippen molar-refractivity contribution in [2.75, 3.05) is 18.5 Å². The van der Waals surface area contributed by atoms with Crippen LogP contribution in [0, 0.1) is 0 Å². The van der Waals surface area contributed by atoms with Crippen LogP contribution in [-0.4, -0.2) is 24.2 Å². The number of ether oxygens (including phenoxy) is 1. The number of nitrogens with one attached hydrogen (secondary N) is 1. The number of aromatic nitrogens is 1. The largest absolute Gasteiger partial charge is 0.380 e. The highest BCUT2D eigenvalue weighted by Gasteiger charge is 2.15. The lowest BCUT2D eigenvalue weighted by Crippen LogP contribution is -2.30. The zero-order valence-electron chi connectivity index (χ0n) is 9.08. The Hall–Kier alpha value is -0.840. The number of anilines is 1. The lowest BCUT2D eigenvalue weighted by atomic mass is 10.1. The lowest BCUT2D eigenvalue weighted by molar-refractivity contribution is 0.0876. The molecule has 0 bridgehead atoms. The Morgan fingerprint density at radius 1 is 1.62 bits per heavy atom. The maximum Gasteiger partial charge on any atom is 0.131 e. The monoisotopic (exact) mass is 241 g/mol. The van der Waals surface area contributed by atoms with Crippen LogP contribution in [0.5, 0.6) is 0 Å². The molecule has 1 fully saturated rings. The minimum Gasteiger partial charge on any atom is -0.380 e. The highest BCUT2D eigenvalue weighted by molar-refractivity contribution is 6.29. The van der Waals surface area contributed by atoms with Crippen molar-refractivity contribution in [2.24, 2.45) is 5.73 Å². The van der Waals surface area contributed by atoms with E-state index in [0.29, 0.717) is 17.7 Å². The van der Waals surface area contributed by atoms with E-state index in [-0.39, 0.29) is 0 Å². The van der Waals surface area contributed by atoms with Gasteiger partial charge in [-0.1, -0.05) is 11.6 Å². The molecule has 1 aromatic rings. The summed E-state index contributed by atoms with van der Waals surface area (Å²) in [6, 6.07) is 2.16. The van der Waals surface area contributed by atoms with Gasteiger partial charge in [-0.3, -0.25) is 0 Å². The molecule has 0 aromatic carbocycles. The van der Waals surface area contributed by atoms with Crippen molar-refractivity contribution in [1.29, 1.82) is 0 Å². The fourth-order valence-electron chi connectivity index (χ4n) is 1.83. The Morgan fingerprint density at radius 2 is 2.50 bits per heavy atom. The number of hydrogen-bond donors (Lipinski definition) is 2. The van der Waals surface area contributed by atoms with Crippen LogP contribution >= 0.6 is 11.6 Å². The predicted octanol–water partition coefficient (Wildman–Crippen LogP) is 1.78. The molecule has 5 heteroatoms. The maximum atomic E-state index is 5.87. The Bertz CT molecular complexity index is 353. The van der Waals surface area contributed by atoms with Crippen LogP contribution in [0.15, 0.2) is 12.3 Å². The Morgan fingerprint density at radius 3 is 3.19 bits per heavy atom. The van der Waals surface area contributed by atoms with Gasteiger partial charge in [0.15, 0.2) is 0 Å². The third kappa shape index (κ3) is 2.84. The normalized spacial score (nSPS) is 20.8. The summed E-state index contributed by atoms with van der Waals surface area (Å²) in [7, 11) is 0. The first-order chi connectivity index (χ1) is 7.79. The van der Waals surface area contributed by atoms with Crippen LogP contribution in [0.25, 0.3) is 0 Å². The topological polar surface area (TPSA) is 60.2 Å². The number of pyridine rings is 1. The molecule has 0 aliphatic carbocycles. The molecule has 1 aromatic heterocycles. The highest BCUT2D eigenvalue weighted by Crippen LogP contribution is 2.21. The van der Waals surface area contributed by atoms with Crippen molar-refractivity contribution in [3.8, 4) is 0 Å². The minimum atomic E-state index is 0.345. The molecule has 1 atom stereocenters. The summed E-state index contributed by atoms with van der Waals surface area (Å²) in [6.45, 7) is 2.06. The second-order valence-electron chi connectivity index (χ2n) is 3.93. The molecular formula is C11H16ClN3O. The van der Waals surface area contributed by atoms with Gasteiger partial charge in [-0.25, -0.2) is 4.98 Å². The summed E-state index contributed by atoms with van der Waals surface area (Å²) in [6.07, 6.45) is 3.92. The smallest absolute Gasteiger partial charge is 0.131 e. The lowest BCUT2D eigenvalue weighted by Gasteiger charge is -2.25. The molecule has 1 saturated heterocycles. The molecular weight excluding hydrogens is 226 g/mol.